The Morgan fingerprint density at radius 2 is 2.00 bits per heavy atom. The van der Waals surface area contributed by atoms with Gasteiger partial charge in [-0.1, -0.05) is 6.08 Å². The summed E-state index contributed by atoms with van der Waals surface area (Å²) in [6, 6.07) is 1.40. The first kappa shape index (κ1) is 21.5. The van der Waals surface area contributed by atoms with E-state index in [1.54, 1.807) is 19.9 Å². The summed E-state index contributed by atoms with van der Waals surface area (Å²) in [4.78, 5) is 41.4. The summed E-state index contributed by atoms with van der Waals surface area (Å²) < 4.78 is 35.7. The number of hydrogen-bond acceptors (Lipinski definition) is 8. The SMILES string of the molecule is C/C=C(/C)C(=O)OCc1nccc2c1C(=O)C(NCCS(=O)(=O)O)=C(C)C2=O. The molecule has 0 aliphatic heterocycles. The van der Waals surface area contributed by atoms with Gasteiger partial charge in [-0.3, -0.25) is 19.1 Å². The van der Waals surface area contributed by atoms with Crippen molar-refractivity contribution in [2.75, 3.05) is 12.3 Å². The number of hydrogen-bond donors (Lipinski definition) is 2. The summed E-state index contributed by atoms with van der Waals surface area (Å²) in [6.45, 7) is 4.14. The molecule has 0 bridgehead atoms. The number of esters is 1. The first-order chi connectivity index (χ1) is 13.1. The number of ketones is 2. The topological polar surface area (TPSA) is 140 Å². The van der Waals surface area contributed by atoms with E-state index in [2.05, 4.69) is 10.3 Å². The van der Waals surface area contributed by atoms with Gasteiger partial charge in [-0.05, 0) is 26.8 Å². The lowest BCUT2D eigenvalue weighted by Gasteiger charge is -2.21. The van der Waals surface area contributed by atoms with Crippen LogP contribution in [0, 0.1) is 0 Å². The van der Waals surface area contributed by atoms with Gasteiger partial charge in [0, 0.05) is 29.5 Å². The lowest BCUT2D eigenvalue weighted by atomic mass is 9.87. The maximum atomic E-state index is 12.9. The number of allylic oxidation sites excluding steroid dienone is 3. The Hall–Kier alpha value is -2.85. The molecular weight excluding hydrogens is 388 g/mol. The molecule has 0 saturated heterocycles. The minimum absolute atomic E-state index is 0.00149. The van der Waals surface area contributed by atoms with Crippen LogP contribution in [0.25, 0.3) is 0 Å². The van der Waals surface area contributed by atoms with Crippen LogP contribution in [-0.4, -0.2) is 47.8 Å². The maximum absolute atomic E-state index is 12.9. The quantitative estimate of drug-likeness (QED) is 0.387. The number of fused-ring (bicyclic) bond motifs is 1. The zero-order chi connectivity index (χ0) is 21.1. The van der Waals surface area contributed by atoms with Gasteiger partial charge in [0.05, 0.1) is 22.7 Å². The van der Waals surface area contributed by atoms with E-state index in [1.807, 2.05) is 0 Å². The van der Waals surface area contributed by atoms with E-state index in [4.69, 9.17) is 9.29 Å². The average molecular weight is 408 g/mol. The molecule has 0 amide bonds. The summed E-state index contributed by atoms with van der Waals surface area (Å²) in [5.74, 6) is -2.19. The number of pyridine rings is 1. The molecule has 9 nitrogen and oxygen atoms in total. The minimum atomic E-state index is -4.23. The molecule has 0 fully saturated rings. The third kappa shape index (κ3) is 4.70. The summed E-state index contributed by atoms with van der Waals surface area (Å²) in [6.07, 6.45) is 2.92. The second kappa shape index (κ2) is 8.44. The highest BCUT2D eigenvalue weighted by Crippen LogP contribution is 2.27. The van der Waals surface area contributed by atoms with Gasteiger partial charge in [0.2, 0.25) is 5.78 Å². The zero-order valence-electron chi connectivity index (χ0n) is 15.6. The molecule has 0 radical (unpaired) electrons. The first-order valence-electron chi connectivity index (χ1n) is 8.34. The van der Waals surface area contributed by atoms with E-state index in [9.17, 15) is 22.8 Å². The van der Waals surface area contributed by atoms with Crippen LogP contribution in [0.5, 0.6) is 0 Å². The van der Waals surface area contributed by atoms with Crippen LogP contribution in [0.2, 0.25) is 0 Å². The predicted molar refractivity (Wildman–Crippen MR) is 99.2 cm³/mol. The third-order valence-corrected chi connectivity index (χ3v) is 4.92. The largest absolute Gasteiger partial charge is 0.456 e. The number of carbonyl (C=O) groups excluding carboxylic acids is 3. The molecule has 1 aliphatic rings. The Labute approximate surface area is 162 Å². The molecule has 10 heteroatoms. The fraction of sp³-hybridized carbons (Fsp3) is 0.333. The molecule has 150 valence electrons. The zero-order valence-corrected chi connectivity index (χ0v) is 16.4. The van der Waals surface area contributed by atoms with Crippen molar-refractivity contribution in [3.05, 3.63) is 52.0 Å². The van der Waals surface area contributed by atoms with Gasteiger partial charge in [0.25, 0.3) is 10.1 Å². The van der Waals surface area contributed by atoms with Crippen LogP contribution in [0.1, 0.15) is 47.2 Å². The third-order valence-electron chi connectivity index (χ3n) is 4.20. The van der Waals surface area contributed by atoms with Crippen molar-refractivity contribution in [3.63, 3.8) is 0 Å². The Balaban J connectivity index is 2.32. The van der Waals surface area contributed by atoms with Gasteiger partial charge in [0.15, 0.2) is 5.78 Å². The number of aromatic nitrogens is 1. The Morgan fingerprint density at radius 3 is 2.61 bits per heavy atom. The highest BCUT2D eigenvalue weighted by atomic mass is 32.2. The average Bonchev–Trinajstić information content (AvgIpc) is 2.65. The summed E-state index contributed by atoms with van der Waals surface area (Å²) in [7, 11) is -4.23. The highest BCUT2D eigenvalue weighted by Gasteiger charge is 2.33. The molecule has 1 heterocycles. The van der Waals surface area contributed by atoms with E-state index in [0.29, 0.717) is 5.57 Å². The number of nitrogens with zero attached hydrogens (tertiary/aromatic N) is 1. The number of rotatable bonds is 7. The normalized spacial score (nSPS) is 14.8. The van der Waals surface area contributed by atoms with Gasteiger partial charge in [-0.15, -0.1) is 0 Å². The van der Waals surface area contributed by atoms with Gasteiger partial charge in [-0.2, -0.15) is 8.42 Å². The second-order valence-electron chi connectivity index (χ2n) is 6.10. The van der Waals surface area contributed by atoms with E-state index in [-0.39, 0.29) is 41.2 Å². The van der Waals surface area contributed by atoms with Crippen molar-refractivity contribution >= 4 is 27.7 Å². The molecule has 0 spiro atoms. The molecular formula is C18H20N2O7S. The molecule has 28 heavy (non-hydrogen) atoms. The van der Waals surface area contributed by atoms with Crippen molar-refractivity contribution in [1.29, 1.82) is 0 Å². The van der Waals surface area contributed by atoms with Crippen LogP contribution in [-0.2, 0) is 26.3 Å². The van der Waals surface area contributed by atoms with E-state index < -0.39 is 33.4 Å². The van der Waals surface area contributed by atoms with Gasteiger partial charge in [0.1, 0.15) is 6.61 Å². The van der Waals surface area contributed by atoms with Crippen molar-refractivity contribution in [2.45, 2.75) is 27.4 Å². The van der Waals surface area contributed by atoms with Crippen LogP contribution in [0.3, 0.4) is 0 Å². The molecule has 0 unspecified atom stereocenters. The smallest absolute Gasteiger partial charge is 0.333 e. The van der Waals surface area contributed by atoms with Crippen molar-refractivity contribution < 1.29 is 32.1 Å². The summed E-state index contributed by atoms with van der Waals surface area (Å²) >= 11 is 0. The number of carbonyl (C=O) groups is 3. The number of nitrogens with one attached hydrogen (secondary N) is 1. The van der Waals surface area contributed by atoms with Crippen molar-refractivity contribution in [2.24, 2.45) is 0 Å². The maximum Gasteiger partial charge on any atom is 0.333 e. The predicted octanol–water partition coefficient (Wildman–Crippen LogP) is 1.22. The number of Topliss-reactive ketones (excluding diaryl/α,β-unsaturated/α-hetero) is 2. The standard InChI is InChI=1S/C18H20N2O7S/c1-4-10(2)18(23)27-9-13-14-12(5-6-19-13)16(21)11(3)15(17(14)22)20-7-8-28(24,25)26/h4-6,20H,7-9H2,1-3H3,(H,24,25,26)/b10-4-. The Morgan fingerprint density at radius 1 is 1.32 bits per heavy atom. The Bertz CT molecular complexity index is 1010. The van der Waals surface area contributed by atoms with Crippen LogP contribution in [0.4, 0.5) is 0 Å². The molecule has 0 saturated carbocycles. The van der Waals surface area contributed by atoms with Crippen molar-refractivity contribution in [3.8, 4) is 0 Å². The van der Waals surface area contributed by atoms with E-state index >= 15 is 0 Å². The fourth-order valence-electron chi connectivity index (χ4n) is 2.55. The molecule has 1 aliphatic carbocycles. The number of ether oxygens (including phenoxy) is 1. The van der Waals surface area contributed by atoms with Crippen LogP contribution in [0.15, 0.2) is 35.2 Å². The lowest BCUT2D eigenvalue weighted by Crippen LogP contribution is -2.33. The van der Waals surface area contributed by atoms with E-state index in [0.717, 1.165) is 0 Å². The minimum Gasteiger partial charge on any atom is -0.456 e. The second-order valence-corrected chi connectivity index (χ2v) is 7.67. The molecule has 0 atom stereocenters. The molecule has 2 N–H and O–H groups in total. The van der Waals surface area contributed by atoms with Gasteiger partial charge >= 0.3 is 5.97 Å². The monoisotopic (exact) mass is 408 g/mol. The Kier molecular flexibility index (Phi) is 6.47. The first-order valence-corrected chi connectivity index (χ1v) is 9.95. The molecule has 2 rings (SSSR count). The van der Waals surface area contributed by atoms with Crippen molar-refractivity contribution in [1.82, 2.24) is 10.3 Å². The highest BCUT2D eigenvalue weighted by molar-refractivity contribution is 7.85. The van der Waals surface area contributed by atoms with Gasteiger partial charge < -0.3 is 10.1 Å². The summed E-state index contributed by atoms with van der Waals surface area (Å²) in [5, 5.41) is 2.59. The molecule has 1 aromatic rings. The fourth-order valence-corrected chi connectivity index (χ4v) is 2.91. The van der Waals surface area contributed by atoms with E-state index in [1.165, 1.54) is 19.2 Å². The van der Waals surface area contributed by atoms with Crippen LogP contribution >= 0.6 is 0 Å². The molecule has 0 aromatic carbocycles. The van der Waals surface area contributed by atoms with Gasteiger partial charge in [-0.25, -0.2) is 4.79 Å². The lowest BCUT2D eigenvalue weighted by molar-refractivity contribution is -0.140. The summed E-state index contributed by atoms with van der Waals surface area (Å²) in [5.41, 5.74) is 0.674. The molecule has 1 aromatic heterocycles. The van der Waals surface area contributed by atoms with Crippen LogP contribution < -0.4 is 5.32 Å².